The fourth-order valence-corrected chi connectivity index (χ4v) is 3.76. The summed E-state index contributed by atoms with van der Waals surface area (Å²) in [6.07, 6.45) is 3.49. The van der Waals surface area contributed by atoms with Crippen LogP contribution in [-0.4, -0.2) is 20.9 Å². The van der Waals surface area contributed by atoms with Crippen molar-refractivity contribution < 1.29 is 14.3 Å². The number of aliphatic carboxylic acids is 1. The molecule has 2 atom stereocenters. The van der Waals surface area contributed by atoms with Gasteiger partial charge in [-0.2, -0.15) is 5.10 Å². The van der Waals surface area contributed by atoms with E-state index in [0.29, 0.717) is 24.0 Å². The summed E-state index contributed by atoms with van der Waals surface area (Å²) in [4.78, 5) is 12.0. The molecule has 0 amide bonds. The Morgan fingerprint density at radius 1 is 1.45 bits per heavy atom. The lowest BCUT2D eigenvalue weighted by Crippen LogP contribution is -2.34. The summed E-state index contributed by atoms with van der Waals surface area (Å²) in [5.41, 5.74) is 1.07. The third-order valence-corrected chi connectivity index (χ3v) is 4.98. The van der Waals surface area contributed by atoms with Gasteiger partial charge in [0, 0.05) is 24.9 Å². The number of aryl methyl sites for hydroxylation is 1. The van der Waals surface area contributed by atoms with E-state index >= 15 is 0 Å². The summed E-state index contributed by atoms with van der Waals surface area (Å²) in [5.74, 6) is -1.08. The van der Waals surface area contributed by atoms with Gasteiger partial charge < -0.3 is 5.11 Å². The number of hydrogen-bond donors (Lipinski definition) is 1. The van der Waals surface area contributed by atoms with Gasteiger partial charge in [0.05, 0.1) is 5.41 Å². The Morgan fingerprint density at radius 2 is 2.23 bits per heavy atom. The van der Waals surface area contributed by atoms with Crippen LogP contribution in [0.2, 0.25) is 0 Å². The van der Waals surface area contributed by atoms with Crippen molar-refractivity contribution in [2.75, 3.05) is 0 Å². The van der Waals surface area contributed by atoms with E-state index in [9.17, 15) is 14.3 Å². The molecule has 1 aliphatic carbocycles. The maximum absolute atomic E-state index is 13.9. The SMILES string of the molecule is Cc1c(F)cccc1[C@@]1(C(=O)O)CC[C@H](c2ccnn2C)C1. The molecule has 2 aromatic rings. The van der Waals surface area contributed by atoms with Crippen molar-refractivity contribution in [1.82, 2.24) is 9.78 Å². The second-order valence-corrected chi connectivity index (χ2v) is 6.12. The molecule has 1 aromatic carbocycles. The molecule has 0 aliphatic heterocycles. The highest BCUT2D eigenvalue weighted by atomic mass is 19.1. The highest BCUT2D eigenvalue weighted by Crippen LogP contribution is 2.49. The Kier molecular flexibility index (Phi) is 3.51. The normalized spacial score (nSPS) is 24.6. The van der Waals surface area contributed by atoms with E-state index in [1.165, 1.54) is 6.07 Å². The van der Waals surface area contributed by atoms with Crippen LogP contribution in [0, 0.1) is 12.7 Å². The van der Waals surface area contributed by atoms with Gasteiger partial charge in [0.1, 0.15) is 5.82 Å². The van der Waals surface area contributed by atoms with Crippen molar-refractivity contribution in [2.45, 2.75) is 37.5 Å². The minimum absolute atomic E-state index is 0.131. The molecule has 4 nitrogen and oxygen atoms in total. The summed E-state index contributed by atoms with van der Waals surface area (Å²) in [7, 11) is 1.86. The van der Waals surface area contributed by atoms with Crippen LogP contribution in [0.15, 0.2) is 30.5 Å². The Balaban J connectivity index is 2.03. The number of carbonyl (C=O) groups is 1. The molecule has 0 spiro atoms. The minimum Gasteiger partial charge on any atom is -0.481 e. The fourth-order valence-electron chi connectivity index (χ4n) is 3.76. The molecule has 1 saturated carbocycles. The maximum atomic E-state index is 13.9. The Morgan fingerprint density at radius 3 is 2.86 bits per heavy atom. The molecule has 1 aliphatic rings. The first-order valence-corrected chi connectivity index (χ1v) is 7.42. The number of benzene rings is 1. The summed E-state index contributed by atoms with van der Waals surface area (Å²) in [6.45, 7) is 1.66. The quantitative estimate of drug-likeness (QED) is 0.947. The second-order valence-electron chi connectivity index (χ2n) is 6.12. The van der Waals surface area contributed by atoms with Gasteiger partial charge in [-0.1, -0.05) is 12.1 Å². The summed E-state index contributed by atoms with van der Waals surface area (Å²) >= 11 is 0. The van der Waals surface area contributed by atoms with Crippen LogP contribution < -0.4 is 0 Å². The highest BCUT2D eigenvalue weighted by Gasteiger charge is 2.48. The van der Waals surface area contributed by atoms with E-state index in [2.05, 4.69) is 5.10 Å². The lowest BCUT2D eigenvalue weighted by Gasteiger charge is -2.27. The van der Waals surface area contributed by atoms with E-state index in [0.717, 1.165) is 12.1 Å². The number of carboxylic acids is 1. The third kappa shape index (κ3) is 2.12. The first kappa shape index (κ1) is 14.8. The molecule has 1 fully saturated rings. The average molecular weight is 302 g/mol. The van der Waals surface area contributed by atoms with Crippen molar-refractivity contribution in [2.24, 2.45) is 7.05 Å². The van der Waals surface area contributed by atoms with Crippen molar-refractivity contribution in [1.29, 1.82) is 0 Å². The van der Waals surface area contributed by atoms with Crippen molar-refractivity contribution in [3.05, 3.63) is 53.1 Å². The highest BCUT2D eigenvalue weighted by molar-refractivity contribution is 5.82. The van der Waals surface area contributed by atoms with Crippen LogP contribution in [-0.2, 0) is 17.3 Å². The number of aromatic nitrogens is 2. The number of nitrogens with zero attached hydrogens (tertiary/aromatic N) is 2. The lowest BCUT2D eigenvalue weighted by atomic mass is 9.76. The van der Waals surface area contributed by atoms with Crippen molar-refractivity contribution in [3.8, 4) is 0 Å². The Labute approximate surface area is 128 Å². The van der Waals surface area contributed by atoms with Crippen molar-refractivity contribution >= 4 is 5.97 Å². The topological polar surface area (TPSA) is 55.1 Å². The van der Waals surface area contributed by atoms with E-state index in [-0.39, 0.29) is 11.7 Å². The second kappa shape index (κ2) is 5.23. The van der Waals surface area contributed by atoms with Crippen LogP contribution in [0.25, 0.3) is 0 Å². The lowest BCUT2D eigenvalue weighted by molar-refractivity contribution is -0.143. The molecule has 1 aromatic heterocycles. The van der Waals surface area contributed by atoms with Crippen LogP contribution >= 0.6 is 0 Å². The van der Waals surface area contributed by atoms with E-state index in [1.807, 2.05) is 13.1 Å². The number of carboxylic acid groups (broad SMARTS) is 1. The zero-order valence-electron chi connectivity index (χ0n) is 12.7. The first-order chi connectivity index (χ1) is 10.5. The smallest absolute Gasteiger partial charge is 0.314 e. The zero-order valence-corrected chi connectivity index (χ0v) is 12.7. The largest absolute Gasteiger partial charge is 0.481 e. The van der Waals surface area contributed by atoms with E-state index in [4.69, 9.17) is 0 Å². The molecular weight excluding hydrogens is 283 g/mol. The van der Waals surface area contributed by atoms with Gasteiger partial charge >= 0.3 is 5.97 Å². The predicted octanol–water partition coefficient (Wildman–Crippen LogP) is 3.16. The van der Waals surface area contributed by atoms with Gasteiger partial charge in [-0.25, -0.2) is 4.39 Å². The van der Waals surface area contributed by atoms with Gasteiger partial charge in [0.2, 0.25) is 0 Å². The Hall–Kier alpha value is -2.17. The number of rotatable bonds is 3. The predicted molar refractivity (Wildman–Crippen MR) is 80.3 cm³/mol. The van der Waals surface area contributed by atoms with Gasteiger partial charge in [0.25, 0.3) is 0 Å². The standard InChI is InChI=1S/C17H19FN2O2/c1-11-13(4-3-5-14(11)18)17(16(21)22)8-6-12(10-17)15-7-9-19-20(15)2/h3-5,7,9,12H,6,8,10H2,1-2H3,(H,21,22)/t12-,17+/m0/s1. The molecule has 3 rings (SSSR count). The van der Waals surface area contributed by atoms with Crippen LogP contribution in [0.3, 0.4) is 0 Å². The maximum Gasteiger partial charge on any atom is 0.314 e. The first-order valence-electron chi connectivity index (χ1n) is 7.42. The van der Waals surface area contributed by atoms with Crippen LogP contribution in [0.5, 0.6) is 0 Å². The average Bonchev–Trinajstić information content (AvgIpc) is 3.08. The zero-order chi connectivity index (χ0) is 15.9. The van der Waals surface area contributed by atoms with E-state index < -0.39 is 11.4 Å². The monoisotopic (exact) mass is 302 g/mol. The van der Waals surface area contributed by atoms with Gasteiger partial charge in [-0.3, -0.25) is 9.48 Å². The van der Waals surface area contributed by atoms with E-state index in [1.54, 1.807) is 29.9 Å². The van der Waals surface area contributed by atoms with Gasteiger partial charge in [0.15, 0.2) is 0 Å². The van der Waals surface area contributed by atoms with Gasteiger partial charge in [-0.15, -0.1) is 0 Å². The number of hydrogen-bond acceptors (Lipinski definition) is 2. The molecule has 0 unspecified atom stereocenters. The molecule has 1 heterocycles. The molecule has 0 saturated heterocycles. The minimum atomic E-state index is -1.01. The van der Waals surface area contributed by atoms with Crippen LogP contribution in [0.4, 0.5) is 4.39 Å². The molecular formula is C17H19FN2O2. The van der Waals surface area contributed by atoms with Crippen LogP contribution in [0.1, 0.15) is 42.0 Å². The molecule has 0 bridgehead atoms. The third-order valence-electron chi connectivity index (χ3n) is 4.98. The Bertz CT molecular complexity index is 725. The molecule has 22 heavy (non-hydrogen) atoms. The number of halogens is 1. The van der Waals surface area contributed by atoms with Gasteiger partial charge in [-0.05, 0) is 49.4 Å². The van der Waals surface area contributed by atoms with Crippen molar-refractivity contribution in [3.63, 3.8) is 0 Å². The molecule has 0 radical (unpaired) electrons. The summed E-state index contributed by atoms with van der Waals surface area (Å²) in [5, 5.41) is 14.0. The molecule has 5 heteroatoms. The molecule has 116 valence electrons. The molecule has 1 N–H and O–H groups in total. The summed E-state index contributed by atoms with van der Waals surface area (Å²) in [6, 6.07) is 6.65. The summed E-state index contributed by atoms with van der Waals surface area (Å²) < 4.78 is 15.7. The fraction of sp³-hybridized carbons (Fsp3) is 0.412.